The number of carboxylic acid groups (broad SMARTS) is 1. The Morgan fingerprint density at radius 1 is 0.939 bits per heavy atom. The van der Waals surface area contributed by atoms with Gasteiger partial charge in [0.05, 0.1) is 0 Å². The lowest BCUT2D eigenvalue weighted by molar-refractivity contribution is -0.158. The first-order valence-corrected chi connectivity index (χ1v) is 14.5. The number of fused-ring (bicyclic) bond motifs is 5. The molecule has 0 radical (unpaired) electrons. The molecule has 8 atom stereocenters. The van der Waals surface area contributed by atoms with E-state index < -0.39 is 5.97 Å². The molecule has 0 aromatic carbocycles. The van der Waals surface area contributed by atoms with E-state index in [4.69, 9.17) is 5.11 Å². The quantitative estimate of drug-likeness (QED) is 0.452. The van der Waals surface area contributed by atoms with Crippen LogP contribution in [0, 0.1) is 46.3 Å². The van der Waals surface area contributed by atoms with Crippen molar-refractivity contribution in [2.45, 2.75) is 133 Å². The van der Waals surface area contributed by atoms with Crippen molar-refractivity contribution in [3.8, 4) is 0 Å². The SMILES string of the molecule is CC.CC.CC.C[C@H](CCC(=O)O)C1CCC2C3CCC4CCCCC4(C)C3C(=O)CC21C. The number of aliphatic carboxylic acids is 1. The van der Waals surface area contributed by atoms with Gasteiger partial charge >= 0.3 is 5.97 Å². The van der Waals surface area contributed by atoms with Crippen molar-refractivity contribution in [1.82, 2.24) is 0 Å². The van der Waals surface area contributed by atoms with Crippen molar-refractivity contribution in [1.29, 1.82) is 0 Å². The third-order valence-electron chi connectivity index (χ3n) is 9.84. The van der Waals surface area contributed by atoms with Gasteiger partial charge < -0.3 is 5.11 Å². The highest BCUT2D eigenvalue weighted by molar-refractivity contribution is 5.84. The molecular formula is C30H56O3. The van der Waals surface area contributed by atoms with Crippen LogP contribution in [-0.2, 0) is 9.59 Å². The highest BCUT2D eigenvalue weighted by Gasteiger charge is 2.63. The van der Waals surface area contributed by atoms with Crippen molar-refractivity contribution in [2.24, 2.45) is 46.3 Å². The van der Waals surface area contributed by atoms with E-state index in [0.717, 1.165) is 18.8 Å². The summed E-state index contributed by atoms with van der Waals surface area (Å²) in [5, 5.41) is 9.08. The smallest absolute Gasteiger partial charge is 0.303 e. The Morgan fingerprint density at radius 3 is 2.18 bits per heavy atom. The van der Waals surface area contributed by atoms with Crippen LogP contribution in [0.15, 0.2) is 0 Å². The molecule has 0 amide bonds. The molecule has 4 aliphatic carbocycles. The summed E-state index contributed by atoms with van der Waals surface area (Å²) in [4.78, 5) is 24.6. The zero-order valence-electron chi connectivity index (χ0n) is 23.5. The van der Waals surface area contributed by atoms with Crippen LogP contribution in [0.4, 0.5) is 0 Å². The number of carbonyl (C=O) groups is 2. The molecule has 7 unspecified atom stereocenters. The Balaban J connectivity index is 0.000000841. The van der Waals surface area contributed by atoms with Crippen LogP contribution in [-0.4, -0.2) is 16.9 Å². The first kappa shape index (κ1) is 30.2. The molecule has 0 bridgehead atoms. The minimum atomic E-state index is -0.690. The molecule has 0 aliphatic heterocycles. The average molecular weight is 465 g/mol. The fraction of sp³-hybridized carbons (Fsp3) is 0.933. The second-order valence-corrected chi connectivity index (χ2v) is 11.0. The van der Waals surface area contributed by atoms with Gasteiger partial charge in [-0.1, -0.05) is 75.2 Å². The molecule has 0 saturated heterocycles. The second kappa shape index (κ2) is 13.3. The molecule has 33 heavy (non-hydrogen) atoms. The molecule has 1 N–H and O–H groups in total. The third-order valence-corrected chi connectivity index (χ3v) is 9.84. The standard InChI is InChI=1S/C24H38O3.3C2H6/c1-15(7-12-21(26)27)18-10-11-19-17-9-8-16-6-4-5-13-23(16,2)22(17)20(25)14-24(18,19)3;3*1-2/h15-19,22H,4-14H2,1-3H3,(H,26,27);3*1-2H3/t15-,16?,17?,18?,19?,22?,23?,24?;;;/m1.../s1. The van der Waals surface area contributed by atoms with E-state index in [1.54, 1.807) is 0 Å². The van der Waals surface area contributed by atoms with Crippen molar-refractivity contribution < 1.29 is 14.7 Å². The van der Waals surface area contributed by atoms with Crippen LogP contribution in [0.2, 0.25) is 0 Å². The summed E-state index contributed by atoms with van der Waals surface area (Å²) in [6.07, 6.45) is 12.1. The molecule has 4 rings (SSSR count). The summed E-state index contributed by atoms with van der Waals surface area (Å²) in [5.74, 6) is 3.14. The highest BCUT2D eigenvalue weighted by Crippen LogP contribution is 2.67. The molecule has 4 aliphatic rings. The Morgan fingerprint density at radius 2 is 1.58 bits per heavy atom. The molecule has 4 fully saturated rings. The van der Waals surface area contributed by atoms with E-state index in [2.05, 4.69) is 20.8 Å². The molecule has 0 aromatic heterocycles. The van der Waals surface area contributed by atoms with Gasteiger partial charge in [-0.05, 0) is 85.4 Å². The highest BCUT2D eigenvalue weighted by atomic mass is 16.4. The summed E-state index contributed by atoms with van der Waals surface area (Å²) in [5.41, 5.74) is 0.362. The number of Topliss-reactive ketones (excluding diaryl/α,β-unsaturated/α-hetero) is 1. The van der Waals surface area contributed by atoms with E-state index >= 15 is 0 Å². The van der Waals surface area contributed by atoms with Crippen LogP contribution in [0.5, 0.6) is 0 Å². The second-order valence-electron chi connectivity index (χ2n) is 11.0. The minimum Gasteiger partial charge on any atom is -0.481 e. The van der Waals surface area contributed by atoms with E-state index in [0.29, 0.717) is 35.4 Å². The first-order chi connectivity index (χ1) is 15.8. The number of hydrogen-bond donors (Lipinski definition) is 1. The van der Waals surface area contributed by atoms with Crippen molar-refractivity contribution in [2.75, 3.05) is 0 Å². The fourth-order valence-electron chi connectivity index (χ4n) is 8.63. The van der Waals surface area contributed by atoms with Crippen molar-refractivity contribution in [3.05, 3.63) is 0 Å². The molecule has 3 heteroatoms. The zero-order valence-corrected chi connectivity index (χ0v) is 23.5. The van der Waals surface area contributed by atoms with Gasteiger partial charge in [0, 0.05) is 18.8 Å². The van der Waals surface area contributed by atoms with Crippen LogP contribution < -0.4 is 0 Å². The molecule has 0 heterocycles. The van der Waals surface area contributed by atoms with Crippen LogP contribution in [0.1, 0.15) is 133 Å². The van der Waals surface area contributed by atoms with Gasteiger partial charge in [0.25, 0.3) is 0 Å². The van der Waals surface area contributed by atoms with Gasteiger partial charge in [0.15, 0.2) is 0 Å². The van der Waals surface area contributed by atoms with Crippen molar-refractivity contribution >= 4 is 11.8 Å². The largest absolute Gasteiger partial charge is 0.481 e. The molecule has 0 aromatic rings. The summed E-state index contributed by atoms with van der Waals surface area (Å²) >= 11 is 0. The Labute approximate surface area is 205 Å². The summed E-state index contributed by atoms with van der Waals surface area (Å²) in [7, 11) is 0. The lowest BCUT2D eigenvalue weighted by Gasteiger charge is -2.59. The Kier molecular flexibility index (Phi) is 12.1. The number of carbonyl (C=O) groups excluding carboxylic acids is 1. The number of hydrogen-bond acceptors (Lipinski definition) is 2. The van der Waals surface area contributed by atoms with Crippen LogP contribution in [0.25, 0.3) is 0 Å². The predicted octanol–water partition coefficient (Wildman–Crippen LogP) is 8.79. The predicted molar refractivity (Wildman–Crippen MR) is 140 cm³/mol. The van der Waals surface area contributed by atoms with Crippen molar-refractivity contribution in [3.63, 3.8) is 0 Å². The average Bonchev–Trinajstić information content (AvgIpc) is 3.17. The van der Waals surface area contributed by atoms with Gasteiger partial charge in [-0.15, -0.1) is 0 Å². The lowest BCUT2D eigenvalue weighted by Crippen LogP contribution is -2.57. The number of carboxylic acids is 1. The molecule has 4 saturated carbocycles. The van der Waals surface area contributed by atoms with Gasteiger partial charge in [0.2, 0.25) is 0 Å². The summed E-state index contributed by atoms with van der Waals surface area (Å²) < 4.78 is 0. The third kappa shape index (κ3) is 5.87. The van der Waals surface area contributed by atoms with E-state index in [1.807, 2.05) is 41.5 Å². The topological polar surface area (TPSA) is 54.4 Å². The monoisotopic (exact) mass is 464 g/mol. The van der Waals surface area contributed by atoms with E-state index in [1.165, 1.54) is 51.4 Å². The molecule has 3 nitrogen and oxygen atoms in total. The van der Waals surface area contributed by atoms with Gasteiger partial charge in [-0.3, -0.25) is 9.59 Å². The van der Waals surface area contributed by atoms with Gasteiger partial charge in [0.1, 0.15) is 5.78 Å². The fourth-order valence-corrected chi connectivity index (χ4v) is 8.63. The van der Waals surface area contributed by atoms with E-state index in [9.17, 15) is 9.59 Å². The maximum absolute atomic E-state index is 13.6. The maximum atomic E-state index is 13.6. The first-order valence-electron chi connectivity index (χ1n) is 14.5. The van der Waals surface area contributed by atoms with Gasteiger partial charge in [-0.25, -0.2) is 0 Å². The Hall–Kier alpha value is -0.860. The van der Waals surface area contributed by atoms with Crippen LogP contribution >= 0.6 is 0 Å². The Bertz CT molecular complexity index is 614. The summed E-state index contributed by atoms with van der Waals surface area (Å²) in [6.45, 7) is 19.1. The lowest BCUT2D eigenvalue weighted by atomic mass is 9.44. The minimum absolute atomic E-state index is 0.105. The zero-order chi connectivity index (χ0) is 25.4. The number of rotatable bonds is 4. The normalized spacial score (nSPS) is 39.5. The molecule has 194 valence electrons. The van der Waals surface area contributed by atoms with Gasteiger partial charge in [-0.2, -0.15) is 0 Å². The number of ketones is 1. The van der Waals surface area contributed by atoms with Crippen LogP contribution in [0.3, 0.4) is 0 Å². The molecule has 0 spiro atoms. The maximum Gasteiger partial charge on any atom is 0.303 e. The molecular weight excluding hydrogens is 408 g/mol. The van der Waals surface area contributed by atoms with E-state index in [-0.39, 0.29) is 17.3 Å². The summed E-state index contributed by atoms with van der Waals surface area (Å²) in [6, 6.07) is 0.